The molecule has 1 aliphatic rings. The first-order valence-electron chi connectivity index (χ1n) is 6.19. The van der Waals surface area contributed by atoms with Gasteiger partial charge >= 0.3 is 5.97 Å². The molecule has 1 N–H and O–H groups in total. The second-order valence-electron chi connectivity index (χ2n) is 4.57. The van der Waals surface area contributed by atoms with E-state index in [1.807, 2.05) is 12.1 Å². The van der Waals surface area contributed by atoms with Gasteiger partial charge in [-0.05, 0) is 37.0 Å². The molecule has 1 unspecified atom stereocenters. The van der Waals surface area contributed by atoms with Crippen LogP contribution in [0, 0.1) is 0 Å². The monoisotopic (exact) mass is 249 g/mol. The number of esters is 1. The molecule has 1 aromatic carbocycles. The highest BCUT2D eigenvalue weighted by Gasteiger charge is 2.29. The molecule has 2 rings (SSSR count). The van der Waals surface area contributed by atoms with Crippen molar-refractivity contribution in [1.29, 1.82) is 0 Å². The number of hydrogen-bond donors (Lipinski definition) is 1. The summed E-state index contributed by atoms with van der Waals surface area (Å²) in [5.74, 6) is 0.706. The van der Waals surface area contributed by atoms with Crippen molar-refractivity contribution in [1.82, 2.24) is 5.32 Å². The summed E-state index contributed by atoms with van der Waals surface area (Å²) in [7, 11) is 3.09. The smallest absolute Gasteiger partial charge is 0.322 e. The molecule has 0 amide bonds. The highest BCUT2D eigenvalue weighted by atomic mass is 16.5. The van der Waals surface area contributed by atoms with E-state index in [-0.39, 0.29) is 12.0 Å². The first-order chi connectivity index (χ1) is 8.72. The van der Waals surface area contributed by atoms with Crippen LogP contribution in [0.1, 0.15) is 18.4 Å². The lowest BCUT2D eigenvalue weighted by atomic mass is 10.0. The van der Waals surface area contributed by atoms with E-state index in [0.717, 1.165) is 25.0 Å². The summed E-state index contributed by atoms with van der Waals surface area (Å²) in [6.07, 6.45) is 2.79. The fourth-order valence-electron chi connectivity index (χ4n) is 2.35. The quantitative estimate of drug-likeness (QED) is 0.822. The lowest BCUT2D eigenvalue weighted by Gasteiger charge is -2.13. The van der Waals surface area contributed by atoms with Crippen LogP contribution in [0.5, 0.6) is 5.75 Å². The molecule has 4 nitrogen and oxygen atoms in total. The molecule has 1 fully saturated rings. The molecule has 0 bridgehead atoms. The lowest BCUT2D eigenvalue weighted by molar-refractivity contribution is -0.142. The van der Waals surface area contributed by atoms with Gasteiger partial charge in [0.25, 0.3) is 0 Å². The lowest BCUT2D eigenvalue weighted by Crippen LogP contribution is -2.37. The minimum Gasteiger partial charge on any atom is -0.497 e. The Balaban J connectivity index is 1.89. The van der Waals surface area contributed by atoms with Gasteiger partial charge in [0, 0.05) is 6.04 Å². The molecule has 1 saturated heterocycles. The van der Waals surface area contributed by atoms with Crippen LogP contribution in [0.25, 0.3) is 0 Å². The van der Waals surface area contributed by atoms with E-state index in [4.69, 9.17) is 9.47 Å². The maximum absolute atomic E-state index is 11.4. The maximum atomic E-state index is 11.4. The van der Waals surface area contributed by atoms with Crippen molar-refractivity contribution in [3.63, 3.8) is 0 Å². The summed E-state index contributed by atoms with van der Waals surface area (Å²) < 4.78 is 9.87. The van der Waals surface area contributed by atoms with Crippen molar-refractivity contribution < 1.29 is 14.3 Å². The van der Waals surface area contributed by atoms with Crippen molar-refractivity contribution in [2.45, 2.75) is 31.3 Å². The van der Waals surface area contributed by atoms with Gasteiger partial charge in [-0.1, -0.05) is 12.1 Å². The summed E-state index contributed by atoms with van der Waals surface area (Å²) in [5.41, 5.74) is 1.25. The van der Waals surface area contributed by atoms with Gasteiger partial charge in [-0.15, -0.1) is 0 Å². The Bertz CT molecular complexity index is 402. The van der Waals surface area contributed by atoms with E-state index in [1.54, 1.807) is 7.11 Å². The van der Waals surface area contributed by atoms with Crippen molar-refractivity contribution >= 4 is 5.97 Å². The Hall–Kier alpha value is -1.55. The second kappa shape index (κ2) is 5.87. The van der Waals surface area contributed by atoms with Crippen LogP contribution in [-0.2, 0) is 16.0 Å². The zero-order valence-corrected chi connectivity index (χ0v) is 10.8. The van der Waals surface area contributed by atoms with Gasteiger partial charge in [-0.25, -0.2) is 0 Å². The molecule has 0 aromatic heterocycles. The molecule has 0 spiro atoms. The molecule has 1 aromatic rings. The molecule has 2 atom stereocenters. The Morgan fingerprint density at radius 2 is 2.00 bits per heavy atom. The fraction of sp³-hybridized carbons (Fsp3) is 0.500. The van der Waals surface area contributed by atoms with Gasteiger partial charge in [0.2, 0.25) is 0 Å². The Morgan fingerprint density at radius 3 is 2.61 bits per heavy atom. The summed E-state index contributed by atoms with van der Waals surface area (Å²) in [5, 5.41) is 3.31. The van der Waals surface area contributed by atoms with Crippen LogP contribution in [0.2, 0.25) is 0 Å². The number of nitrogens with one attached hydrogen (secondary N) is 1. The largest absolute Gasteiger partial charge is 0.497 e. The average molecular weight is 249 g/mol. The minimum absolute atomic E-state index is 0.141. The molecule has 98 valence electrons. The van der Waals surface area contributed by atoms with Gasteiger partial charge in [-0.3, -0.25) is 4.79 Å². The molecule has 4 heteroatoms. The van der Waals surface area contributed by atoms with E-state index in [9.17, 15) is 4.79 Å². The Kier molecular flexibility index (Phi) is 4.20. The van der Waals surface area contributed by atoms with Gasteiger partial charge in [0.05, 0.1) is 14.2 Å². The number of carbonyl (C=O) groups excluding carboxylic acids is 1. The van der Waals surface area contributed by atoms with Gasteiger partial charge in [0.1, 0.15) is 11.8 Å². The SMILES string of the molecule is COC(=O)[C@H]1CCC(Cc2ccc(OC)cc2)N1. The topological polar surface area (TPSA) is 47.6 Å². The van der Waals surface area contributed by atoms with Gasteiger partial charge in [-0.2, -0.15) is 0 Å². The van der Waals surface area contributed by atoms with Crippen LogP contribution in [0.3, 0.4) is 0 Å². The van der Waals surface area contributed by atoms with Crippen LogP contribution in [0.15, 0.2) is 24.3 Å². The normalized spacial score (nSPS) is 22.8. The first-order valence-corrected chi connectivity index (χ1v) is 6.19. The molecule has 0 radical (unpaired) electrons. The molecule has 1 heterocycles. The van der Waals surface area contributed by atoms with E-state index in [1.165, 1.54) is 12.7 Å². The molecular formula is C14H19NO3. The Morgan fingerprint density at radius 1 is 1.28 bits per heavy atom. The molecule has 18 heavy (non-hydrogen) atoms. The number of methoxy groups -OCH3 is 2. The highest BCUT2D eigenvalue weighted by Crippen LogP contribution is 2.19. The zero-order chi connectivity index (χ0) is 13.0. The summed E-state index contributed by atoms with van der Waals surface area (Å²) >= 11 is 0. The van der Waals surface area contributed by atoms with Crippen molar-refractivity contribution in [3.8, 4) is 5.75 Å². The minimum atomic E-state index is -0.160. The van der Waals surface area contributed by atoms with Crippen molar-refractivity contribution in [2.24, 2.45) is 0 Å². The molecule has 0 saturated carbocycles. The predicted molar refractivity (Wildman–Crippen MR) is 68.7 cm³/mol. The third-order valence-electron chi connectivity index (χ3n) is 3.37. The maximum Gasteiger partial charge on any atom is 0.322 e. The third-order valence-corrected chi connectivity index (χ3v) is 3.37. The fourth-order valence-corrected chi connectivity index (χ4v) is 2.35. The van der Waals surface area contributed by atoms with E-state index < -0.39 is 0 Å². The standard InChI is InChI=1S/C14H19NO3/c1-17-12-6-3-10(4-7-12)9-11-5-8-13(15-11)14(16)18-2/h3-4,6-7,11,13,15H,5,8-9H2,1-2H3/t11?,13-/m1/s1. The number of hydrogen-bond acceptors (Lipinski definition) is 4. The van der Waals surface area contributed by atoms with Crippen molar-refractivity contribution in [3.05, 3.63) is 29.8 Å². The summed E-state index contributed by atoms with van der Waals surface area (Å²) in [4.78, 5) is 11.4. The van der Waals surface area contributed by atoms with E-state index in [2.05, 4.69) is 17.4 Å². The van der Waals surface area contributed by atoms with Crippen LogP contribution in [0.4, 0.5) is 0 Å². The number of carbonyl (C=O) groups is 1. The third kappa shape index (κ3) is 3.01. The van der Waals surface area contributed by atoms with Crippen LogP contribution in [-0.4, -0.2) is 32.3 Å². The molecular weight excluding hydrogens is 230 g/mol. The average Bonchev–Trinajstić information content (AvgIpc) is 2.87. The Labute approximate surface area is 107 Å². The first kappa shape index (κ1) is 12.9. The summed E-state index contributed by atoms with van der Waals surface area (Å²) in [6, 6.07) is 8.25. The van der Waals surface area contributed by atoms with Crippen molar-refractivity contribution in [2.75, 3.05) is 14.2 Å². The summed E-state index contributed by atoms with van der Waals surface area (Å²) in [6.45, 7) is 0. The van der Waals surface area contributed by atoms with Crippen LogP contribution < -0.4 is 10.1 Å². The molecule has 0 aliphatic carbocycles. The van der Waals surface area contributed by atoms with Gasteiger partial charge in [0.15, 0.2) is 0 Å². The van der Waals surface area contributed by atoms with E-state index in [0.29, 0.717) is 6.04 Å². The van der Waals surface area contributed by atoms with Gasteiger partial charge < -0.3 is 14.8 Å². The highest BCUT2D eigenvalue weighted by molar-refractivity contribution is 5.76. The number of benzene rings is 1. The van der Waals surface area contributed by atoms with E-state index >= 15 is 0 Å². The zero-order valence-electron chi connectivity index (χ0n) is 10.8. The molecule has 1 aliphatic heterocycles. The van der Waals surface area contributed by atoms with Crippen LogP contribution >= 0.6 is 0 Å². The number of ether oxygens (including phenoxy) is 2. The predicted octanol–water partition coefficient (Wildman–Crippen LogP) is 1.53. The number of rotatable bonds is 4. The second-order valence-corrected chi connectivity index (χ2v) is 4.57.